The Labute approximate surface area is 199 Å². The van der Waals surface area contributed by atoms with Gasteiger partial charge in [-0.3, -0.25) is 4.98 Å². The molecule has 0 bridgehead atoms. The van der Waals surface area contributed by atoms with Crippen molar-refractivity contribution in [2.45, 2.75) is 12.1 Å². The Morgan fingerprint density at radius 2 is 1.26 bits per heavy atom. The molecule has 2 heterocycles. The molecule has 2 aliphatic rings. The summed E-state index contributed by atoms with van der Waals surface area (Å²) < 4.78 is 0. The minimum atomic E-state index is 0.0727. The predicted octanol–water partition coefficient (Wildman–Crippen LogP) is 6.77. The molecule has 4 nitrogen and oxygen atoms in total. The summed E-state index contributed by atoms with van der Waals surface area (Å²) in [7, 11) is 0. The number of hydrogen-bond donors (Lipinski definition) is 0. The third kappa shape index (κ3) is 3.18. The molecule has 0 saturated carbocycles. The zero-order chi connectivity index (χ0) is 22.9. The molecule has 1 aromatic heterocycles. The number of para-hydroxylation sites is 4. The van der Waals surface area contributed by atoms with Gasteiger partial charge in [0.05, 0.1) is 35.1 Å². The van der Waals surface area contributed by atoms with Crippen molar-refractivity contribution < 1.29 is 0 Å². The number of hydrogen-bond acceptors (Lipinski definition) is 4. The maximum absolute atomic E-state index is 9.77. The predicted molar refractivity (Wildman–Crippen MR) is 137 cm³/mol. The number of fused-ring (bicyclic) bond motifs is 2. The molecule has 4 aromatic rings. The van der Waals surface area contributed by atoms with Crippen molar-refractivity contribution in [3.63, 3.8) is 0 Å². The van der Waals surface area contributed by atoms with E-state index in [1.54, 1.807) is 18.5 Å². The van der Waals surface area contributed by atoms with Gasteiger partial charge >= 0.3 is 0 Å². The number of aromatic nitrogens is 1. The first-order valence-electron chi connectivity index (χ1n) is 11.4. The molecule has 162 valence electrons. The van der Waals surface area contributed by atoms with Crippen molar-refractivity contribution >= 4 is 22.7 Å². The number of nitriles is 1. The average molecular weight is 439 g/mol. The largest absolute Gasteiger partial charge is 0.330 e. The summed E-state index contributed by atoms with van der Waals surface area (Å²) in [5.41, 5.74) is 6.96. The van der Waals surface area contributed by atoms with Crippen LogP contribution in [0.3, 0.4) is 0 Å². The van der Waals surface area contributed by atoms with Crippen molar-refractivity contribution in [3.8, 4) is 17.2 Å². The molecule has 3 aromatic carbocycles. The van der Waals surface area contributed by atoms with E-state index in [-0.39, 0.29) is 12.1 Å². The van der Waals surface area contributed by atoms with Gasteiger partial charge in [-0.1, -0.05) is 72.8 Å². The number of benzene rings is 3. The number of allylic oxidation sites excluding steroid dienone is 2. The monoisotopic (exact) mass is 438 g/mol. The fourth-order valence-electron chi connectivity index (χ4n) is 5.06. The highest BCUT2D eigenvalue weighted by molar-refractivity contribution is 5.92. The molecular formula is C30H22N4. The zero-order valence-corrected chi connectivity index (χ0v) is 18.5. The molecular weight excluding hydrogens is 416 g/mol. The van der Waals surface area contributed by atoms with Crippen molar-refractivity contribution in [2.75, 3.05) is 9.80 Å². The van der Waals surface area contributed by atoms with Gasteiger partial charge in [0, 0.05) is 34.9 Å². The lowest BCUT2D eigenvalue weighted by Gasteiger charge is -2.49. The van der Waals surface area contributed by atoms with Gasteiger partial charge in [0.25, 0.3) is 0 Å². The number of rotatable bonds is 3. The van der Waals surface area contributed by atoms with E-state index in [9.17, 15) is 5.26 Å². The van der Waals surface area contributed by atoms with E-state index >= 15 is 0 Å². The van der Waals surface area contributed by atoms with E-state index in [1.807, 2.05) is 6.07 Å². The highest BCUT2D eigenvalue weighted by atomic mass is 15.3. The molecule has 0 N–H and O–H groups in total. The van der Waals surface area contributed by atoms with Crippen LogP contribution in [0.1, 0.15) is 5.56 Å². The summed E-state index contributed by atoms with van der Waals surface area (Å²) in [4.78, 5) is 9.16. The molecule has 0 amide bonds. The molecule has 2 atom stereocenters. The summed E-state index contributed by atoms with van der Waals surface area (Å²) in [6, 6.07) is 31.7. The lowest BCUT2D eigenvalue weighted by atomic mass is 9.91. The second-order valence-electron chi connectivity index (χ2n) is 8.37. The van der Waals surface area contributed by atoms with Crippen LogP contribution < -0.4 is 9.80 Å². The molecule has 0 spiro atoms. The molecule has 6 rings (SSSR count). The fourth-order valence-corrected chi connectivity index (χ4v) is 5.06. The Hall–Kier alpha value is -4.62. The lowest BCUT2D eigenvalue weighted by Crippen LogP contribution is -2.52. The van der Waals surface area contributed by atoms with E-state index < -0.39 is 0 Å². The van der Waals surface area contributed by atoms with Crippen molar-refractivity contribution in [1.29, 1.82) is 5.26 Å². The van der Waals surface area contributed by atoms with Crippen LogP contribution in [0.5, 0.6) is 0 Å². The maximum Gasteiger partial charge on any atom is 0.0999 e. The van der Waals surface area contributed by atoms with Crippen LogP contribution in [0.4, 0.5) is 22.7 Å². The minimum absolute atomic E-state index is 0.0727. The topological polar surface area (TPSA) is 43.2 Å². The zero-order valence-electron chi connectivity index (χ0n) is 18.5. The lowest BCUT2D eigenvalue weighted by molar-refractivity contribution is 0.638. The highest BCUT2D eigenvalue weighted by Crippen LogP contribution is 2.49. The first-order chi connectivity index (χ1) is 16.9. The Morgan fingerprint density at radius 3 is 2.00 bits per heavy atom. The second-order valence-corrected chi connectivity index (χ2v) is 8.37. The standard InChI is InChI=1S/C30H22N4/c31-20-22-18-19-32-21-25(22)24-12-4-5-13-26(24)34-29-16-8-6-14-27(29)33(23-10-2-1-3-11-23)28-15-7-9-17-30(28)34/h1-19,21,27,29H. The summed E-state index contributed by atoms with van der Waals surface area (Å²) >= 11 is 0. The van der Waals surface area contributed by atoms with Crippen molar-refractivity contribution in [2.24, 2.45) is 0 Å². The summed E-state index contributed by atoms with van der Waals surface area (Å²) in [6.45, 7) is 0. The molecule has 0 radical (unpaired) electrons. The molecule has 0 fully saturated rings. The number of nitrogens with zero attached hydrogens (tertiary/aromatic N) is 4. The normalized spacial score (nSPS) is 18.2. The smallest absolute Gasteiger partial charge is 0.0999 e. The Bertz CT molecular complexity index is 1450. The van der Waals surface area contributed by atoms with Gasteiger partial charge in [0.1, 0.15) is 0 Å². The minimum Gasteiger partial charge on any atom is -0.330 e. The Kier molecular flexibility index (Phi) is 4.94. The van der Waals surface area contributed by atoms with Crippen LogP contribution in [0.2, 0.25) is 0 Å². The van der Waals surface area contributed by atoms with Gasteiger partial charge in [0.2, 0.25) is 0 Å². The summed E-state index contributed by atoms with van der Waals surface area (Å²) in [5, 5.41) is 9.77. The van der Waals surface area contributed by atoms with Gasteiger partial charge in [-0.2, -0.15) is 5.26 Å². The second kappa shape index (κ2) is 8.38. The van der Waals surface area contributed by atoms with E-state index in [4.69, 9.17) is 0 Å². The van der Waals surface area contributed by atoms with Crippen LogP contribution in [-0.2, 0) is 0 Å². The highest BCUT2D eigenvalue weighted by Gasteiger charge is 2.39. The van der Waals surface area contributed by atoms with Crippen LogP contribution in [-0.4, -0.2) is 17.1 Å². The van der Waals surface area contributed by atoms with Crippen molar-refractivity contribution in [3.05, 3.63) is 127 Å². The van der Waals surface area contributed by atoms with Gasteiger partial charge in [-0.25, -0.2) is 0 Å². The van der Waals surface area contributed by atoms with Gasteiger partial charge in [-0.05, 0) is 36.4 Å². The summed E-state index contributed by atoms with van der Waals surface area (Å²) in [5.74, 6) is 0. The van der Waals surface area contributed by atoms with Gasteiger partial charge < -0.3 is 9.80 Å². The van der Waals surface area contributed by atoms with Crippen LogP contribution in [0.15, 0.2) is 122 Å². The third-order valence-electron chi connectivity index (χ3n) is 6.50. The first kappa shape index (κ1) is 20.0. The maximum atomic E-state index is 9.77. The quantitative estimate of drug-likeness (QED) is 0.354. The molecule has 34 heavy (non-hydrogen) atoms. The fraction of sp³-hybridized carbons (Fsp3) is 0.0667. The van der Waals surface area contributed by atoms with Gasteiger partial charge in [0.15, 0.2) is 0 Å². The van der Waals surface area contributed by atoms with E-state index in [2.05, 4.69) is 118 Å². The summed E-state index contributed by atoms with van der Waals surface area (Å²) in [6.07, 6.45) is 12.2. The first-order valence-corrected chi connectivity index (χ1v) is 11.4. The Balaban J connectivity index is 1.60. The van der Waals surface area contributed by atoms with Crippen LogP contribution in [0, 0.1) is 11.3 Å². The molecule has 4 heteroatoms. The number of anilines is 4. The molecule has 1 aliphatic heterocycles. The Morgan fingerprint density at radius 1 is 0.647 bits per heavy atom. The van der Waals surface area contributed by atoms with Crippen LogP contribution in [0.25, 0.3) is 11.1 Å². The van der Waals surface area contributed by atoms with E-state index in [0.29, 0.717) is 5.56 Å². The number of pyridine rings is 1. The average Bonchev–Trinajstić information content (AvgIpc) is 2.92. The van der Waals surface area contributed by atoms with Crippen molar-refractivity contribution in [1.82, 2.24) is 4.98 Å². The van der Waals surface area contributed by atoms with Gasteiger partial charge in [-0.15, -0.1) is 0 Å². The molecule has 2 unspecified atom stereocenters. The SMILES string of the molecule is N#Cc1ccncc1-c1ccccc1N1c2ccccc2N(c2ccccc2)C2C=CC=CC21. The molecule has 1 aliphatic carbocycles. The van der Waals surface area contributed by atoms with Crippen LogP contribution >= 0.6 is 0 Å². The van der Waals surface area contributed by atoms with E-state index in [1.165, 1.54) is 0 Å². The van der Waals surface area contributed by atoms with E-state index in [0.717, 1.165) is 33.9 Å². The third-order valence-corrected chi connectivity index (χ3v) is 6.50. The molecule has 0 saturated heterocycles.